The molecule has 1 aromatic carbocycles. The molecule has 5 aromatic rings. The van der Waals surface area contributed by atoms with Gasteiger partial charge in [0.15, 0.2) is 11.3 Å². The third kappa shape index (κ3) is 3.53. The van der Waals surface area contributed by atoms with Gasteiger partial charge >= 0.3 is 0 Å². The van der Waals surface area contributed by atoms with Gasteiger partial charge in [0.1, 0.15) is 16.7 Å². The zero-order valence-electron chi connectivity index (χ0n) is 18.0. The summed E-state index contributed by atoms with van der Waals surface area (Å²) in [6.45, 7) is 0.594. The maximum atomic E-state index is 13.5. The second-order valence-electron chi connectivity index (χ2n) is 8.26. The van der Waals surface area contributed by atoms with Crippen molar-refractivity contribution in [2.24, 2.45) is 5.10 Å². The number of rotatable bonds is 5. The van der Waals surface area contributed by atoms with Crippen molar-refractivity contribution in [3.63, 3.8) is 0 Å². The van der Waals surface area contributed by atoms with E-state index in [0.29, 0.717) is 34.5 Å². The van der Waals surface area contributed by atoms with E-state index in [2.05, 4.69) is 16.2 Å². The van der Waals surface area contributed by atoms with Crippen molar-refractivity contribution < 1.29 is 4.42 Å². The first-order valence-electron chi connectivity index (χ1n) is 11.2. The lowest BCUT2D eigenvalue weighted by molar-refractivity contribution is 0.559. The number of aromatic nitrogens is 5. The van der Waals surface area contributed by atoms with Crippen LogP contribution in [0.25, 0.3) is 33.2 Å². The van der Waals surface area contributed by atoms with Gasteiger partial charge in [-0.1, -0.05) is 23.8 Å². The molecule has 6 rings (SSSR count). The molecule has 0 saturated carbocycles. The van der Waals surface area contributed by atoms with E-state index in [9.17, 15) is 4.79 Å². The van der Waals surface area contributed by atoms with E-state index in [1.807, 2.05) is 24.3 Å². The average molecular weight is 438 g/mol. The summed E-state index contributed by atoms with van der Waals surface area (Å²) >= 11 is 0. The minimum absolute atomic E-state index is 0.127. The topological polar surface area (TPSA) is 91.1 Å². The fourth-order valence-corrected chi connectivity index (χ4v) is 4.40. The van der Waals surface area contributed by atoms with Gasteiger partial charge in [-0.3, -0.25) is 9.36 Å². The van der Waals surface area contributed by atoms with Crippen LogP contribution in [0, 0.1) is 0 Å². The molecule has 8 nitrogen and oxygen atoms in total. The molecule has 164 valence electrons. The standard InChI is InChI=1S/C25H22N6O2/c32-25-21-22-24(29-20-11-5-4-10-19(20)28-22)31(27-15-18-9-6-14-33-18)23(21)26-16-30(25)13-12-17-7-2-1-3-8-17/h4-7,9-11,14-16H,1-3,8,12-13H2. The molecule has 0 spiro atoms. The van der Waals surface area contributed by atoms with Crippen LogP contribution in [0.3, 0.4) is 0 Å². The van der Waals surface area contributed by atoms with Crippen molar-refractivity contribution >= 4 is 39.4 Å². The predicted octanol–water partition coefficient (Wildman–Crippen LogP) is 4.66. The minimum Gasteiger partial charge on any atom is -0.463 e. The molecule has 0 saturated heterocycles. The second kappa shape index (κ2) is 8.12. The van der Waals surface area contributed by atoms with E-state index < -0.39 is 0 Å². The molecule has 8 heteroatoms. The Kier molecular flexibility index (Phi) is 4.83. The van der Waals surface area contributed by atoms with Crippen LogP contribution >= 0.6 is 0 Å². The molecule has 0 unspecified atom stereocenters. The maximum Gasteiger partial charge on any atom is 0.265 e. The smallest absolute Gasteiger partial charge is 0.265 e. The molecule has 1 aliphatic carbocycles. The van der Waals surface area contributed by atoms with E-state index in [-0.39, 0.29) is 5.56 Å². The number of hydrogen-bond acceptors (Lipinski definition) is 6. The van der Waals surface area contributed by atoms with Gasteiger partial charge in [0.2, 0.25) is 0 Å². The Morgan fingerprint density at radius 1 is 1.06 bits per heavy atom. The number of aryl methyl sites for hydroxylation is 1. The number of allylic oxidation sites excluding steroid dienone is 2. The lowest BCUT2D eigenvalue weighted by Crippen LogP contribution is -2.21. The van der Waals surface area contributed by atoms with Crippen molar-refractivity contribution in [3.8, 4) is 0 Å². The first kappa shape index (κ1) is 19.6. The molecule has 0 radical (unpaired) electrons. The lowest BCUT2D eigenvalue weighted by Gasteiger charge is -2.13. The van der Waals surface area contributed by atoms with E-state index >= 15 is 0 Å². The van der Waals surface area contributed by atoms with E-state index in [1.165, 1.54) is 18.4 Å². The number of nitrogens with zero attached hydrogens (tertiary/aromatic N) is 6. The van der Waals surface area contributed by atoms with Gasteiger partial charge in [0.05, 0.1) is 29.8 Å². The summed E-state index contributed by atoms with van der Waals surface area (Å²) in [6, 6.07) is 11.2. The number of benzene rings is 1. The summed E-state index contributed by atoms with van der Waals surface area (Å²) in [6.07, 6.45) is 12.7. The van der Waals surface area contributed by atoms with Crippen LogP contribution in [0.4, 0.5) is 0 Å². The molecule has 0 fully saturated rings. The molecule has 4 aromatic heterocycles. The quantitative estimate of drug-likeness (QED) is 0.294. The van der Waals surface area contributed by atoms with Gasteiger partial charge in [-0.05, 0) is 56.4 Å². The van der Waals surface area contributed by atoms with Crippen molar-refractivity contribution in [1.82, 2.24) is 24.2 Å². The summed E-state index contributed by atoms with van der Waals surface area (Å²) < 4.78 is 8.62. The molecule has 1 aliphatic rings. The van der Waals surface area contributed by atoms with Crippen LogP contribution < -0.4 is 5.56 Å². The third-order valence-electron chi connectivity index (χ3n) is 6.11. The van der Waals surface area contributed by atoms with Gasteiger partial charge in [-0.2, -0.15) is 9.78 Å². The van der Waals surface area contributed by atoms with Crippen molar-refractivity contribution in [2.75, 3.05) is 0 Å². The summed E-state index contributed by atoms with van der Waals surface area (Å²) in [5.74, 6) is 0.591. The van der Waals surface area contributed by atoms with Crippen LogP contribution in [0.1, 0.15) is 37.9 Å². The van der Waals surface area contributed by atoms with Gasteiger partial charge < -0.3 is 4.42 Å². The van der Waals surface area contributed by atoms with Gasteiger partial charge in [0.25, 0.3) is 5.56 Å². The van der Waals surface area contributed by atoms with Gasteiger partial charge in [0, 0.05) is 6.54 Å². The van der Waals surface area contributed by atoms with Crippen LogP contribution in [0.15, 0.2) is 75.0 Å². The normalized spacial score (nSPS) is 14.6. The summed E-state index contributed by atoms with van der Waals surface area (Å²) in [5.41, 5.74) is 4.17. The highest BCUT2D eigenvalue weighted by Crippen LogP contribution is 2.25. The van der Waals surface area contributed by atoms with E-state index in [4.69, 9.17) is 14.4 Å². The number of hydrogen-bond donors (Lipinski definition) is 0. The molecular formula is C25H22N6O2. The van der Waals surface area contributed by atoms with Crippen molar-refractivity contribution in [1.29, 1.82) is 0 Å². The van der Waals surface area contributed by atoms with Crippen molar-refractivity contribution in [3.05, 3.63) is 76.8 Å². The third-order valence-corrected chi connectivity index (χ3v) is 6.11. The second-order valence-corrected chi connectivity index (χ2v) is 8.26. The molecule has 0 N–H and O–H groups in total. The number of fused-ring (bicyclic) bond motifs is 4. The number of furan rings is 1. The molecule has 0 amide bonds. The largest absolute Gasteiger partial charge is 0.463 e. The molecular weight excluding hydrogens is 416 g/mol. The molecule has 0 aliphatic heterocycles. The molecule has 0 bridgehead atoms. The predicted molar refractivity (Wildman–Crippen MR) is 127 cm³/mol. The Hall–Kier alpha value is -4.07. The summed E-state index contributed by atoms with van der Waals surface area (Å²) in [4.78, 5) is 27.7. The first-order chi connectivity index (χ1) is 16.3. The molecule has 4 heterocycles. The van der Waals surface area contributed by atoms with Crippen LogP contribution in [-0.4, -0.2) is 30.4 Å². The van der Waals surface area contributed by atoms with Crippen LogP contribution in [0.2, 0.25) is 0 Å². The highest BCUT2D eigenvalue weighted by molar-refractivity contribution is 6.04. The zero-order chi connectivity index (χ0) is 22.2. The Bertz CT molecular complexity index is 1590. The first-order valence-corrected chi connectivity index (χ1v) is 11.2. The Morgan fingerprint density at radius 3 is 2.73 bits per heavy atom. The Balaban J connectivity index is 1.53. The highest BCUT2D eigenvalue weighted by atomic mass is 16.3. The van der Waals surface area contributed by atoms with Crippen LogP contribution in [-0.2, 0) is 6.54 Å². The zero-order valence-corrected chi connectivity index (χ0v) is 18.0. The molecule has 33 heavy (non-hydrogen) atoms. The maximum absolute atomic E-state index is 13.5. The SMILES string of the molecule is O=c1c2c3nc4ccccc4nc3n(N=Cc3ccco3)c2ncn1CCC1=CCCCC1. The van der Waals surface area contributed by atoms with Gasteiger partial charge in [-0.25, -0.2) is 15.0 Å². The summed E-state index contributed by atoms with van der Waals surface area (Å²) in [5, 5.41) is 4.97. The monoisotopic (exact) mass is 438 g/mol. The van der Waals surface area contributed by atoms with E-state index in [0.717, 1.165) is 30.3 Å². The highest BCUT2D eigenvalue weighted by Gasteiger charge is 2.20. The van der Waals surface area contributed by atoms with Crippen molar-refractivity contribution in [2.45, 2.75) is 38.6 Å². The minimum atomic E-state index is -0.127. The van der Waals surface area contributed by atoms with Crippen LogP contribution in [0.5, 0.6) is 0 Å². The lowest BCUT2D eigenvalue weighted by atomic mass is 9.97. The molecule has 0 atom stereocenters. The Morgan fingerprint density at radius 2 is 1.94 bits per heavy atom. The fourth-order valence-electron chi connectivity index (χ4n) is 4.40. The van der Waals surface area contributed by atoms with Gasteiger partial charge in [-0.15, -0.1) is 0 Å². The Labute approximate surface area is 188 Å². The summed E-state index contributed by atoms with van der Waals surface area (Å²) in [7, 11) is 0. The number of para-hydroxylation sites is 2. The fraction of sp³-hybridized carbons (Fsp3) is 0.240. The van der Waals surface area contributed by atoms with E-state index in [1.54, 1.807) is 40.2 Å². The average Bonchev–Trinajstić information content (AvgIpc) is 3.48.